The highest BCUT2D eigenvalue weighted by Crippen LogP contribution is 2.28. The van der Waals surface area contributed by atoms with E-state index < -0.39 is 5.97 Å². The maximum absolute atomic E-state index is 12.2. The van der Waals surface area contributed by atoms with Gasteiger partial charge < -0.3 is 10.4 Å². The summed E-state index contributed by atoms with van der Waals surface area (Å²) < 4.78 is 1.50. The Hall–Kier alpha value is -2.15. The molecule has 0 fully saturated rings. The van der Waals surface area contributed by atoms with E-state index in [0.717, 1.165) is 17.0 Å². The molecule has 2 rings (SSSR count). The first kappa shape index (κ1) is 14.3. The van der Waals surface area contributed by atoms with Crippen LogP contribution in [0, 0.1) is 6.92 Å². The summed E-state index contributed by atoms with van der Waals surface area (Å²) in [4.78, 5) is 24.1. The van der Waals surface area contributed by atoms with E-state index in [-0.39, 0.29) is 11.5 Å². The van der Waals surface area contributed by atoms with Gasteiger partial charge in [-0.3, -0.25) is 9.48 Å². The predicted molar refractivity (Wildman–Crippen MR) is 76.6 cm³/mol. The zero-order valence-electron chi connectivity index (χ0n) is 11.4. The van der Waals surface area contributed by atoms with Gasteiger partial charge in [-0.1, -0.05) is 6.92 Å². The molecular weight excluding hydrogens is 278 g/mol. The minimum absolute atomic E-state index is 0.110. The third kappa shape index (κ3) is 2.72. The van der Waals surface area contributed by atoms with Gasteiger partial charge in [-0.2, -0.15) is 5.10 Å². The molecule has 7 heteroatoms. The number of anilines is 1. The lowest BCUT2D eigenvalue weighted by molar-refractivity contribution is 0.0698. The molecule has 0 aliphatic heterocycles. The van der Waals surface area contributed by atoms with Gasteiger partial charge in [0.1, 0.15) is 10.7 Å². The zero-order chi connectivity index (χ0) is 14.9. The van der Waals surface area contributed by atoms with Crippen molar-refractivity contribution >= 4 is 28.2 Å². The van der Waals surface area contributed by atoms with Crippen LogP contribution < -0.4 is 5.32 Å². The predicted octanol–water partition coefficient (Wildman–Crippen LogP) is 2.30. The number of hydrogen-bond acceptors (Lipinski definition) is 4. The largest absolute Gasteiger partial charge is 0.478 e. The maximum Gasteiger partial charge on any atom is 0.338 e. The van der Waals surface area contributed by atoms with Gasteiger partial charge in [0.2, 0.25) is 0 Å². The van der Waals surface area contributed by atoms with E-state index in [2.05, 4.69) is 10.4 Å². The van der Waals surface area contributed by atoms with Crippen LogP contribution in [0.5, 0.6) is 0 Å². The van der Waals surface area contributed by atoms with Crippen molar-refractivity contribution < 1.29 is 14.7 Å². The molecule has 2 aromatic heterocycles. The molecule has 1 amide bonds. The molecule has 0 unspecified atom stereocenters. The first-order valence-electron chi connectivity index (χ1n) is 6.10. The minimum atomic E-state index is -1.05. The van der Waals surface area contributed by atoms with Gasteiger partial charge in [-0.05, 0) is 25.5 Å². The molecule has 2 N–H and O–H groups in total. The second kappa shape index (κ2) is 5.46. The van der Waals surface area contributed by atoms with E-state index in [1.165, 1.54) is 16.0 Å². The third-order valence-electron chi connectivity index (χ3n) is 2.84. The van der Waals surface area contributed by atoms with E-state index in [1.807, 2.05) is 6.92 Å². The van der Waals surface area contributed by atoms with E-state index in [0.29, 0.717) is 10.7 Å². The van der Waals surface area contributed by atoms with Crippen LogP contribution in [0.3, 0.4) is 0 Å². The van der Waals surface area contributed by atoms with Crippen LogP contribution in [0.1, 0.15) is 38.3 Å². The summed E-state index contributed by atoms with van der Waals surface area (Å²) in [5.74, 6) is -1.41. The first-order valence-corrected chi connectivity index (χ1v) is 6.92. The van der Waals surface area contributed by atoms with Crippen molar-refractivity contribution in [2.24, 2.45) is 7.05 Å². The van der Waals surface area contributed by atoms with E-state index >= 15 is 0 Å². The highest BCUT2D eigenvalue weighted by molar-refractivity contribution is 7.16. The number of aryl methyl sites for hydroxylation is 3. The molecule has 0 aliphatic carbocycles. The molecule has 0 saturated carbocycles. The van der Waals surface area contributed by atoms with Crippen LogP contribution in [-0.4, -0.2) is 26.8 Å². The van der Waals surface area contributed by atoms with Crippen molar-refractivity contribution in [3.05, 3.63) is 34.0 Å². The van der Waals surface area contributed by atoms with Crippen LogP contribution in [0.2, 0.25) is 0 Å². The van der Waals surface area contributed by atoms with Gasteiger partial charge in [-0.15, -0.1) is 11.3 Å². The average Bonchev–Trinajstić information content (AvgIpc) is 2.92. The number of nitrogens with zero attached hydrogens (tertiary/aromatic N) is 2. The van der Waals surface area contributed by atoms with Crippen LogP contribution in [0.15, 0.2) is 12.1 Å². The van der Waals surface area contributed by atoms with Gasteiger partial charge in [0, 0.05) is 11.9 Å². The summed E-state index contributed by atoms with van der Waals surface area (Å²) in [6.45, 7) is 3.75. The number of carboxylic acid groups (broad SMARTS) is 1. The van der Waals surface area contributed by atoms with Gasteiger partial charge >= 0.3 is 5.97 Å². The molecule has 0 radical (unpaired) electrons. The van der Waals surface area contributed by atoms with Gasteiger partial charge in [-0.25, -0.2) is 4.79 Å². The van der Waals surface area contributed by atoms with E-state index in [9.17, 15) is 9.59 Å². The molecule has 0 aromatic carbocycles. The van der Waals surface area contributed by atoms with Crippen molar-refractivity contribution in [1.82, 2.24) is 9.78 Å². The van der Waals surface area contributed by atoms with Crippen LogP contribution in [-0.2, 0) is 13.5 Å². The highest BCUT2D eigenvalue weighted by atomic mass is 32.1. The summed E-state index contributed by atoms with van der Waals surface area (Å²) >= 11 is 1.24. The smallest absolute Gasteiger partial charge is 0.338 e. The van der Waals surface area contributed by atoms with Crippen molar-refractivity contribution in [3.8, 4) is 0 Å². The fraction of sp³-hybridized carbons (Fsp3) is 0.308. The Balaban J connectivity index is 2.27. The number of aromatic carboxylic acids is 1. The molecule has 6 nitrogen and oxygen atoms in total. The summed E-state index contributed by atoms with van der Waals surface area (Å²) in [6.07, 6.45) is 0.736. The Bertz CT molecular complexity index is 672. The Morgan fingerprint density at radius 3 is 2.70 bits per heavy atom. The van der Waals surface area contributed by atoms with Crippen molar-refractivity contribution in [3.63, 3.8) is 0 Å². The van der Waals surface area contributed by atoms with Crippen molar-refractivity contribution in [1.29, 1.82) is 0 Å². The van der Waals surface area contributed by atoms with Crippen LogP contribution in [0.25, 0.3) is 0 Å². The van der Waals surface area contributed by atoms with Crippen LogP contribution in [0.4, 0.5) is 5.00 Å². The SMILES string of the molecule is CCc1cc(C(=O)Nc2sc(C)cc2C(=O)O)n(C)n1. The Morgan fingerprint density at radius 1 is 1.45 bits per heavy atom. The summed E-state index contributed by atoms with van der Waals surface area (Å²) in [7, 11) is 1.69. The number of amides is 1. The fourth-order valence-electron chi connectivity index (χ4n) is 1.85. The maximum atomic E-state index is 12.2. The number of aromatic nitrogens is 2. The third-order valence-corrected chi connectivity index (χ3v) is 3.80. The molecule has 0 aliphatic rings. The van der Waals surface area contributed by atoms with Crippen molar-refractivity contribution in [2.45, 2.75) is 20.3 Å². The molecule has 0 spiro atoms. The monoisotopic (exact) mass is 293 g/mol. The van der Waals surface area contributed by atoms with E-state index in [4.69, 9.17) is 5.11 Å². The molecule has 2 aromatic rings. The average molecular weight is 293 g/mol. The molecule has 0 atom stereocenters. The molecule has 0 saturated heterocycles. The number of rotatable bonds is 4. The number of carboxylic acids is 1. The quantitative estimate of drug-likeness (QED) is 0.906. The Labute approximate surface area is 120 Å². The standard InChI is InChI=1S/C13H15N3O3S/c1-4-8-6-10(16(3)15-8)11(17)14-12-9(13(18)19)5-7(2)20-12/h5-6H,4H2,1-3H3,(H,14,17)(H,18,19). The molecule has 0 bridgehead atoms. The Kier molecular flexibility index (Phi) is 3.89. The van der Waals surface area contributed by atoms with Crippen LogP contribution >= 0.6 is 11.3 Å². The fourth-order valence-corrected chi connectivity index (χ4v) is 2.74. The Morgan fingerprint density at radius 2 is 2.15 bits per heavy atom. The lowest BCUT2D eigenvalue weighted by Gasteiger charge is -2.04. The lowest BCUT2D eigenvalue weighted by atomic mass is 10.2. The second-order valence-electron chi connectivity index (χ2n) is 4.36. The van der Waals surface area contributed by atoms with Gasteiger partial charge in [0.25, 0.3) is 5.91 Å². The highest BCUT2D eigenvalue weighted by Gasteiger charge is 2.19. The number of carbonyl (C=O) groups excluding carboxylic acids is 1. The van der Waals surface area contributed by atoms with Crippen molar-refractivity contribution in [2.75, 3.05) is 5.32 Å². The molecule has 20 heavy (non-hydrogen) atoms. The molecule has 2 heterocycles. The number of hydrogen-bond donors (Lipinski definition) is 2. The number of thiophene rings is 1. The number of nitrogens with one attached hydrogen (secondary N) is 1. The number of carbonyl (C=O) groups is 2. The zero-order valence-corrected chi connectivity index (χ0v) is 12.2. The minimum Gasteiger partial charge on any atom is -0.478 e. The van der Waals surface area contributed by atoms with Gasteiger partial charge in [0.05, 0.1) is 11.3 Å². The first-order chi connectivity index (χ1) is 9.42. The summed E-state index contributed by atoms with van der Waals surface area (Å²) in [5.41, 5.74) is 1.33. The van der Waals surface area contributed by atoms with Gasteiger partial charge in [0.15, 0.2) is 0 Å². The molecular formula is C13H15N3O3S. The normalized spacial score (nSPS) is 10.6. The topological polar surface area (TPSA) is 84.2 Å². The lowest BCUT2D eigenvalue weighted by Crippen LogP contribution is -2.16. The summed E-state index contributed by atoms with van der Waals surface area (Å²) in [5, 5.41) is 16.3. The molecule has 106 valence electrons. The van der Waals surface area contributed by atoms with E-state index in [1.54, 1.807) is 26.1 Å². The second-order valence-corrected chi connectivity index (χ2v) is 5.61. The summed E-state index contributed by atoms with van der Waals surface area (Å²) in [6, 6.07) is 3.25.